The van der Waals surface area contributed by atoms with Crippen molar-refractivity contribution in [2.24, 2.45) is 5.73 Å². The minimum absolute atomic E-state index is 0.290. The molecule has 0 aromatic heterocycles. The van der Waals surface area contributed by atoms with Crippen LogP contribution in [0, 0.1) is 0 Å². The molecule has 0 aliphatic heterocycles. The van der Waals surface area contributed by atoms with Gasteiger partial charge in [-0.2, -0.15) is 0 Å². The van der Waals surface area contributed by atoms with Gasteiger partial charge in [-0.3, -0.25) is 0 Å². The van der Waals surface area contributed by atoms with Gasteiger partial charge in [0.25, 0.3) is 0 Å². The Balaban J connectivity index is 2.46. The summed E-state index contributed by atoms with van der Waals surface area (Å²) in [6, 6.07) is 8.11. The average Bonchev–Trinajstić information content (AvgIpc) is 2.41. The van der Waals surface area contributed by atoms with Gasteiger partial charge in [0.1, 0.15) is 5.75 Å². The van der Waals surface area contributed by atoms with E-state index in [1.807, 2.05) is 44.2 Å². The molecule has 20 heavy (non-hydrogen) atoms. The van der Waals surface area contributed by atoms with Gasteiger partial charge >= 0.3 is 0 Å². The summed E-state index contributed by atoms with van der Waals surface area (Å²) in [5.74, 6) is 0.918. The molecule has 0 heterocycles. The zero-order chi connectivity index (χ0) is 15.0. The van der Waals surface area contributed by atoms with Gasteiger partial charge in [0.05, 0.1) is 6.61 Å². The summed E-state index contributed by atoms with van der Waals surface area (Å²) in [5, 5.41) is 0. The Morgan fingerprint density at radius 2 is 2.10 bits per heavy atom. The first kappa shape index (κ1) is 16.7. The van der Waals surface area contributed by atoms with E-state index < -0.39 is 0 Å². The van der Waals surface area contributed by atoms with Crippen LogP contribution in [0.4, 0.5) is 0 Å². The van der Waals surface area contributed by atoms with Crippen molar-refractivity contribution < 1.29 is 4.74 Å². The molecule has 0 aliphatic rings. The maximum atomic E-state index is 5.94. The molecule has 0 spiro atoms. The lowest BCUT2D eigenvalue weighted by molar-refractivity contribution is 0.268. The molecular weight excluding hydrogens is 248 g/mol. The molecule has 0 bridgehead atoms. The van der Waals surface area contributed by atoms with Crippen LogP contribution in [0.15, 0.2) is 30.3 Å². The van der Waals surface area contributed by atoms with E-state index in [0.29, 0.717) is 0 Å². The van der Waals surface area contributed by atoms with E-state index in [2.05, 4.69) is 24.9 Å². The highest BCUT2D eigenvalue weighted by atomic mass is 16.5. The van der Waals surface area contributed by atoms with Crippen molar-refractivity contribution >= 4 is 6.08 Å². The van der Waals surface area contributed by atoms with Crippen LogP contribution in [0.25, 0.3) is 6.08 Å². The van der Waals surface area contributed by atoms with E-state index >= 15 is 0 Å². The largest absolute Gasteiger partial charge is 0.494 e. The molecular formula is C17H28N2O. The van der Waals surface area contributed by atoms with E-state index in [9.17, 15) is 0 Å². The smallest absolute Gasteiger partial charge is 0.119 e. The van der Waals surface area contributed by atoms with Gasteiger partial charge in [0, 0.05) is 12.1 Å². The molecule has 1 aromatic carbocycles. The van der Waals surface area contributed by atoms with E-state index in [1.54, 1.807) is 0 Å². The lowest BCUT2D eigenvalue weighted by atomic mass is 10.0. The fraction of sp³-hybridized carbons (Fsp3) is 0.529. The maximum Gasteiger partial charge on any atom is 0.119 e. The fourth-order valence-electron chi connectivity index (χ4n) is 1.70. The van der Waals surface area contributed by atoms with Gasteiger partial charge < -0.3 is 15.4 Å². The summed E-state index contributed by atoms with van der Waals surface area (Å²) in [5.41, 5.74) is 6.77. The highest BCUT2D eigenvalue weighted by Crippen LogP contribution is 2.15. The summed E-state index contributed by atoms with van der Waals surface area (Å²) in [6.45, 7) is 9.02. The molecule has 0 unspecified atom stereocenters. The number of hydrogen-bond donors (Lipinski definition) is 1. The Morgan fingerprint density at radius 3 is 2.75 bits per heavy atom. The molecule has 3 heteroatoms. The Labute approximate surface area is 123 Å². The molecule has 1 aromatic rings. The SMILES string of the molecule is CCN(C)CCCOc1cccc(C=CC(C)(C)N)c1. The number of hydrogen-bond acceptors (Lipinski definition) is 3. The minimum Gasteiger partial charge on any atom is -0.494 e. The third-order valence-corrected chi connectivity index (χ3v) is 3.06. The maximum absolute atomic E-state index is 5.94. The summed E-state index contributed by atoms with van der Waals surface area (Å²) in [4.78, 5) is 2.28. The van der Waals surface area contributed by atoms with Crippen molar-refractivity contribution in [2.45, 2.75) is 32.7 Å². The summed E-state index contributed by atoms with van der Waals surface area (Å²) in [7, 11) is 2.12. The molecule has 0 saturated carbocycles. The van der Waals surface area contributed by atoms with Crippen LogP contribution >= 0.6 is 0 Å². The molecule has 0 amide bonds. The number of ether oxygens (including phenoxy) is 1. The number of nitrogens with zero attached hydrogens (tertiary/aromatic N) is 1. The second-order valence-corrected chi connectivity index (χ2v) is 5.83. The average molecular weight is 276 g/mol. The molecule has 0 fully saturated rings. The molecule has 3 nitrogen and oxygen atoms in total. The second kappa shape index (κ2) is 8.08. The highest BCUT2D eigenvalue weighted by Gasteiger charge is 2.04. The van der Waals surface area contributed by atoms with Crippen molar-refractivity contribution in [3.05, 3.63) is 35.9 Å². The number of nitrogens with two attached hydrogens (primary N) is 1. The zero-order valence-electron chi connectivity index (χ0n) is 13.2. The Bertz CT molecular complexity index is 421. The standard InChI is InChI=1S/C17H28N2O/c1-5-19(4)12-7-13-20-16-9-6-8-15(14-16)10-11-17(2,3)18/h6,8-11,14H,5,7,12-13,18H2,1-4H3. The van der Waals surface area contributed by atoms with E-state index in [0.717, 1.165) is 37.4 Å². The van der Waals surface area contributed by atoms with Crippen molar-refractivity contribution in [1.29, 1.82) is 0 Å². The van der Waals surface area contributed by atoms with E-state index in [1.165, 1.54) is 0 Å². The van der Waals surface area contributed by atoms with E-state index in [-0.39, 0.29) is 5.54 Å². The van der Waals surface area contributed by atoms with Gasteiger partial charge in [-0.15, -0.1) is 0 Å². The zero-order valence-corrected chi connectivity index (χ0v) is 13.2. The summed E-state index contributed by atoms with van der Waals surface area (Å²) >= 11 is 0. The van der Waals surface area contributed by atoms with Gasteiger partial charge in [-0.25, -0.2) is 0 Å². The van der Waals surface area contributed by atoms with Crippen molar-refractivity contribution in [3.63, 3.8) is 0 Å². The Kier molecular flexibility index (Phi) is 6.76. The third kappa shape index (κ3) is 7.31. The molecule has 0 aliphatic carbocycles. The lowest BCUT2D eigenvalue weighted by Crippen LogP contribution is -2.28. The third-order valence-electron chi connectivity index (χ3n) is 3.06. The fourth-order valence-corrected chi connectivity index (χ4v) is 1.70. The van der Waals surface area contributed by atoms with Gasteiger partial charge in [-0.05, 0) is 51.6 Å². The topological polar surface area (TPSA) is 38.5 Å². The molecule has 0 atom stereocenters. The molecule has 1 rings (SSSR count). The predicted octanol–water partition coefficient (Wildman–Crippen LogP) is 3.16. The normalized spacial score (nSPS) is 12.3. The van der Waals surface area contributed by atoms with Gasteiger partial charge in [0.15, 0.2) is 0 Å². The Hall–Kier alpha value is -1.32. The van der Waals surface area contributed by atoms with Crippen LogP contribution in [0.2, 0.25) is 0 Å². The molecule has 2 N–H and O–H groups in total. The summed E-state index contributed by atoms with van der Waals surface area (Å²) in [6.07, 6.45) is 5.08. The first-order valence-corrected chi connectivity index (χ1v) is 7.30. The van der Waals surface area contributed by atoms with Crippen LogP contribution in [0.3, 0.4) is 0 Å². The second-order valence-electron chi connectivity index (χ2n) is 5.83. The van der Waals surface area contributed by atoms with E-state index in [4.69, 9.17) is 10.5 Å². The number of rotatable bonds is 8. The molecule has 0 radical (unpaired) electrons. The van der Waals surface area contributed by atoms with Crippen molar-refractivity contribution in [3.8, 4) is 5.75 Å². The van der Waals surface area contributed by atoms with Crippen LogP contribution in [-0.4, -0.2) is 37.2 Å². The van der Waals surface area contributed by atoms with Crippen LogP contribution < -0.4 is 10.5 Å². The first-order valence-electron chi connectivity index (χ1n) is 7.30. The highest BCUT2D eigenvalue weighted by molar-refractivity contribution is 5.52. The predicted molar refractivity (Wildman–Crippen MR) is 87.0 cm³/mol. The minimum atomic E-state index is -0.290. The monoisotopic (exact) mass is 276 g/mol. The van der Waals surface area contributed by atoms with Crippen LogP contribution in [0.1, 0.15) is 32.8 Å². The van der Waals surface area contributed by atoms with Crippen molar-refractivity contribution in [2.75, 3.05) is 26.7 Å². The van der Waals surface area contributed by atoms with Crippen molar-refractivity contribution in [1.82, 2.24) is 4.90 Å². The van der Waals surface area contributed by atoms with Crippen LogP contribution in [0.5, 0.6) is 5.75 Å². The lowest BCUT2D eigenvalue weighted by Gasteiger charge is -2.14. The van der Waals surface area contributed by atoms with Gasteiger partial charge in [-0.1, -0.05) is 31.2 Å². The first-order chi connectivity index (χ1) is 9.40. The quantitative estimate of drug-likeness (QED) is 0.741. The molecule has 0 saturated heterocycles. The summed E-state index contributed by atoms with van der Waals surface area (Å²) < 4.78 is 5.78. The van der Waals surface area contributed by atoms with Crippen LogP contribution in [-0.2, 0) is 0 Å². The molecule has 112 valence electrons. The van der Waals surface area contributed by atoms with Gasteiger partial charge in [0.2, 0.25) is 0 Å². The number of benzene rings is 1. The Morgan fingerprint density at radius 1 is 1.35 bits per heavy atom.